The van der Waals surface area contributed by atoms with Crippen molar-refractivity contribution >= 4 is 11.9 Å². The number of hydrogen-bond acceptors (Lipinski definition) is 8. The zero-order chi connectivity index (χ0) is 21.7. The molecular weight excluding hydrogens is 391 g/mol. The van der Waals surface area contributed by atoms with Gasteiger partial charge in [-0.25, -0.2) is 14.0 Å². The number of rotatable bonds is 8. The van der Waals surface area contributed by atoms with Gasteiger partial charge in [0.15, 0.2) is 17.7 Å². The van der Waals surface area contributed by atoms with Gasteiger partial charge >= 0.3 is 11.9 Å². The number of aromatic carboxylic acids is 1. The maximum absolute atomic E-state index is 13.0. The van der Waals surface area contributed by atoms with E-state index in [1.807, 2.05) is 0 Å². The number of carbonyl (C=O) groups excluding carboxylic acids is 1. The number of carboxylic acid groups (broad SMARTS) is 1. The van der Waals surface area contributed by atoms with Crippen molar-refractivity contribution in [1.82, 2.24) is 10.0 Å². The maximum atomic E-state index is 13.0. The van der Waals surface area contributed by atoms with Crippen molar-refractivity contribution in [3.63, 3.8) is 0 Å². The van der Waals surface area contributed by atoms with Crippen LogP contribution in [0.1, 0.15) is 39.4 Å². The van der Waals surface area contributed by atoms with E-state index in [4.69, 9.17) is 19.8 Å². The van der Waals surface area contributed by atoms with Crippen molar-refractivity contribution in [3.05, 3.63) is 63.3 Å². The van der Waals surface area contributed by atoms with Crippen LogP contribution in [0.2, 0.25) is 0 Å². The Labute approximate surface area is 163 Å². The Morgan fingerprint density at radius 3 is 2.38 bits per heavy atom. The number of carbonyl (C=O) groups is 2. The predicted octanol–water partition coefficient (Wildman–Crippen LogP) is 0.427. The van der Waals surface area contributed by atoms with E-state index >= 15 is 0 Å². The van der Waals surface area contributed by atoms with Crippen molar-refractivity contribution < 1.29 is 38.9 Å². The Hall–Kier alpha value is -3.28. The van der Waals surface area contributed by atoms with E-state index in [0.29, 0.717) is 5.56 Å². The maximum Gasteiger partial charge on any atom is 0.362 e. The Kier molecular flexibility index (Phi) is 7.04. The topological polar surface area (TPSA) is 147 Å². The van der Waals surface area contributed by atoms with Crippen LogP contribution in [0.5, 0.6) is 5.75 Å². The molecule has 1 atom stereocenters. The molecule has 0 aliphatic carbocycles. The first-order chi connectivity index (χ1) is 13.6. The Bertz CT molecular complexity index is 956. The lowest BCUT2D eigenvalue weighted by molar-refractivity contribution is -0.0519. The fourth-order valence-electron chi connectivity index (χ4n) is 2.53. The van der Waals surface area contributed by atoms with Gasteiger partial charge in [-0.1, -0.05) is 12.1 Å². The molecule has 29 heavy (non-hydrogen) atoms. The molecule has 0 aliphatic heterocycles. The van der Waals surface area contributed by atoms with Gasteiger partial charge in [0.25, 0.3) is 0 Å². The van der Waals surface area contributed by atoms with Gasteiger partial charge in [0, 0.05) is 6.20 Å². The van der Waals surface area contributed by atoms with E-state index < -0.39 is 59.1 Å². The first-order valence-electron chi connectivity index (χ1n) is 8.28. The number of nitrogens with zero attached hydrogens (tertiary/aromatic N) is 1. The molecule has 0 saturated carbocycles. The van der Waals surface area contributed by atoms with Crippen LogP contribution in [0.25, 0.3) is 0 Å². The zero-order valence-electron chi connectivity index (χ0n) is 15.5. The van der Waals surface area contributed by atoms with Crippen molar-refractivity contribution in [1.29, 1.82) is 0 Å². The number of halogens is 1. The summed E-state index contributed by atoms with van der Waals surface area (Å²) in [6.07, 6.45) is -1.12. The number of carboxylic acids is 1. The second kappa shape index (κ2) is 9.28. The van der Waals surface area contributed by atoms with Gasteiger partial charge in [-0.15, -0.1) is 5.48 Å². The molecule has 0 aliphatic rings. The second-order valence-corrected chi connectivity index (χ2v) is 5.97. The number of aliphatic hydroxyl groups excluding tert-OH is 1. The summed E-state index contributed by atoms with van der Waals surface area (Å²) in [5, 5.41) is 27.6. The largest absolute Gasteiger partial charge is 0.491 e. The van der Waals surface area contributed by atoms with E-state index in [0.717, 1.165) is 17.9 Å². The summed E-state index contributed by atoms with van der Waals surface area (Å²) in [5.74, 6) is -3.82. The van der Waals surface area contributed by atoms with E-state index in [1.165, 1.54) is 24.3 Å². The van der Waals surface area contributed by atoms with Crippen molar-refractivity contribution in [2.45, 2.75) is 25.8 Å². The SMILES string of the molecule is COc1c(C(=O)O)n(CC(O)O)cc(C(=O)ONC(C)c2ccc(F)cc2)c1=O. The molecule has 1 unspecified atom stereocenters. The Morgan fingerprint density at radius 1 is 1.24 bits per heavy atom. The van der Waals surface area contributed by atoms with E-state index in [1.54, 1.807) is 6.92 Å². The quantitative estimate of drug-likeness (QED) is 0.359. The lowest BCUT2D eigenvalue weighted by atomic mass is 10.1. The number of ether oxygens (including phenoxy) is 1. The molecule has 4 N–H and O–H groups in total. The number of benzene rings is 1. The first kappa shape index (κ1) is 22.0. The van der Waals surface area contributed by atoms with Crippen LogP contribution in [0.4, 0.5) is 4.39 Å². The first-order valence-corrected chi connectivity index (χ1v) is 8.28. The smallest absolute Gasteiger partial charge is 0.362 e. The van der Waals surface area contributed by atoms with Crippen LogP contribution in [-0.2, 0) is 11.4 Å². The highest BCUT2D eigenvalue weighted by atomic mass is 19.1. The van der Waals surface area contributed by atoms with Crippen molar-refractivity contribution in [2.24, 2.45) is 0 Å². The number of hydrogen-bond donors (Lipinski definition) is 4. The molecule has 0 spiro atoms. The lowest BCUT2D eigenvalue weighted by Crippen LogP contribution is -2.31. The van der Waals surface area contributed by atoms with Crippen LogP contribution >= 0.6 is 0 Å². The third-order valence-electron chi connectivity index (χ3n) is 3.92. The summed E-state index contributed by atoms with van der Waals surface area (Å²) in [6, 6.07) is 4.84. The van der Waals surface area contributed by atoms with Crippen LogP contribution in [0, 0.1) is 5.82 Å². The Morgan fingerprint density at radius 2 is 1.86 bits per heavy atom. The molecule has 2 rings (SSSR count). The minimum atomic E-state index is -1.96. The molecule has 0 amide bonds. The van der Waals surface area contributed by atoms with Crippen LogP contribution < -0.4 is 15.6 Å². The number of aliphatic hydroxyl groups is 2. The molecule has 10 nitrogen and oxygen atoms in total. The highest BCUT2D eigenvalue weighted by molar-refractivity contribution is 5.93. The van der Waals surface area contributed by atoms with Gasteiger partial charge < -0.3 is 29.5 Å². The highest BCUT2D eigenvalue weighted by Gasteiger charge is 2.26. The average molecular weight is 410 g/mol. The van der Waals surface area contributed by atoms with E-state index in [2.05, 4.69) is 5.48 Å². The minimum absolute atomic E-state index is 0.435. The molecule has 0 fully saturated rings. The molecule has 0 radical (unpaired) electrons. The zero-order valence-corrected chi connectivity index (χ0v) is 15.5. The molecule has 156 valence electrons. The van der Waals surface area contributed by atoms with Crippen LogP contribution in [0.3, 0.4) is 0 Å². The third-order valence-corrected chi connectivity index (χ3v) is 3.92. The summed E-state index contributed by atoms with van der Waals surface area (Å²) in [5.41, 5.74) is 0.704. The molecular formula is C18H19FN2O8. The summed E-state index contributed by atoms with van der Waals surface area (Å²) < 4.78 is 18.6. The predicted molar refractivity (Wildman–Crippen MR) is 95.8 cm³/mol. The minimum Gasteiger partial charge on any atom is -0.491 e. The van der Waals surface area contributed by atoms with Crippen molar-refractivity contribution in [2.75, 3.05) is 7.11 Å². The number of nitrogens with one attached hydrogen (secondary N) is 1. The van der Waals surface area contributed by atoms with Crippen LogP contribution in [0.15, 0.2) is 35.3 Å². The fraction of sp³-hybridized carbons (Fsp3) is 0.278. The summed E-state index contributed by atoms with van der Waals surface area (Å²) in [4.78, 5) is 41.2. The molecule has 11 heteroatoms. The van der Waals surface area contributed by atoms with Gasteiger partial charge in [-0.3, -0.25) is 4.79 Å². The normalized spacial score (nSPS) is 11.9. The molecule has 1 heterocycles. The monoisotopic (exact) mass is 410 g/mol. The summed E-state index contributed by atoms with van der Waals surface area (Å²) in [6.45, 7) is 0.979. The van der Waals surface area contributed by atoms with Gasteiger partial charge in [-0.05, 0) is 24.6 Å². The molecule has 2 aromatic rings. The number of methoxy groups -OCH3 is 1. The van der Waals surface area contributed by atoms with E-state index in [9.17, 15) is 23.9 Å². The molecule has 0 bridgehead atoms. The van der Waals surface area contributed by atoms with Gasteiger partial charge in [-0.2, -0.15) is 0 Å². The van der Waals surface area contributed by atoms with E-state index in [-0.39, 0.29) is 0 Å². The third kappa shape index (κ3) is 5.16. The van der Waals surface area contributed by atoms with Crippen molar-refractivity contribution in [3.8, 4) is 5.75 Å². The van der Waals surface area contributed by atoms with Gasteiger partial charge in [0.1, 0.15) is 11.4 Å². The highest BCUT2D eigenvalue weighted by Crippen LogP contribution is 2.17. The fourth-order valence-corrected chi connectivity index (χ4v) is 2.53. The second-order valence-electron chi connectivity index (χ2n) is 5.97. The summed E-state index contributed by atoms with van der Waals surface area (Å²) in [7, 11) is 1.03. The molecule has 1 aromatic heterocycles. The average Bonchev–Trinajstić information content (AvgIpc) is 2.66. The summed E-state index contributed by atoms with van der Waals surface area (Å²) >= 11 is 0. The van der Waals surface area contributed by atoms with Gasteiger partial charge in [0.05, 0.1) is 19.7 Å². The number of aromatic nitrogens is 1. The molecule has 0 saturated heterocycles. The standard InChI is InChI=1S/C18H19FN2O8/c1-9(10-3-5-11(19)6-4-10)20-29-18(27)12-7-21(8-13(22)23)14(17(25)26)16(28-2)15(12)24/h3-7,9,13,20,22-23H,8H2,1-2H3,(H,25,26). The lowest BCUT2D eigenvalue weighted by Gasteiger charge is -2.17. The Balaban J connectivity index is 2.32. The molecule has 1 aromatic carbocycles. The number of hydroxylamine groups is 1. The number of pyridine rings is 1. The van der Waals surface area contributed by atoms with Gasteiger partial charge in [0.2, 0.25) is 5.43 Å². The van der Waals surface area contributed by atoms with Crippen LogP contribution in [-0.4, -0.2) is 45.2 Å².